The Morgan fingerprint density at radius 3 is 2.52 bits per heavy atom. The number of fused-ring (bicyclic) bond motifs is 1. The van der Waals surface area contributed by atoms with Gasteiger partial charge in [0.1, 0.15) is 11.4 Å². The molecule has 2 heterocycles. The van der Waals surface area contributed by atoms with Crippen LogP contribution in [0, 0.1) is 5.92 Å². The van der Waals surface area contributed by atoms with Crippen LogP contribution in [0.5, 0.6) is 5.75 Å². The Kier molecular flexibility index (Phi) is 5.19. The van der Waals surface area contributed by atoms with Crippen molar-refractivity contribution in [3.8, 4) is 16.9 Å². The van der Waals surface area contributed by atoms with E-state index in [-0.39, 0.29) is 22.9 Å². The van der Waals surface area contributed by atoms with E-state index in [4.69, 9.17) is 9.47 Å². The van der Waals surface area contributed by atoms with Crippen LogP contribution in [-0.4, -0.2) is 45.4 Å². The molecule has 0 saturated carbocycles. The monoisotopic (exact) mass is 422 g/mol. The highest BCUT2D eigenvalue weighted by Gasteiger charge is 2.35. The third-order valence-electron chi connectivity index (χ3n) is 6.27. The van der Waals surface area contributed by atoms with Crippen molar-refractivity contribution in [2.75, 3.05) is 43.6 Å². The van der Waals surface area contributed by atoms with Gasteiger partial charge in [0, 0.05) is 31.4 Å². The topological polar surface area (TPSA) is 42.0 Å². The smallest absolute Gasteiger partial charge is 0.312 e. The lowest BCUT2D eigenvalue weighted by molar-refractivity contribution is -0.146. The number of benzene rings is 2. The van der Waals surface area contributed by atoms with Crippen molar-refractivity contribution in [1.82, 2.24) is 0 Å². The highest BCUT2D eigenvalue weighted by atomic mass is 16.5. The Balaban J connectivity index is 1.75. The molecule has 0 amide bonds. The second-order valence-corrected chi connectivity index (χ2v) is 10.5. The Morgan fingerprint density at radius 1 is 1.16 bits per heavy atom. The minimum atomic E-state index is -0.238. The van der Waals surface area contributed by atoms with Crippen molar-refractivity contribution in [2.24, 2.45) is 5.92 Å². The second-order valence-electron chi connectivity index (χ2n) is 10.5. The van der Waals surface area contributed by atoms with Gasteiger partial charge in [-0.05, 0) is 54.7 Å². The summed E-state index contributed by atoms with van der Waals surface area (Å²) < 4.78 is 11.3. The van der Waals surface area contributed by atoms with Crippen molar-refractivity contribution >= 4 is 17.3 Å². The molecule has 166 valence electrons. The molecule has 0 aromatic heterocycles. The SMILES string of the molecule is COC(=O)C1CN(c2cccc(-c3cc(C(C)(C)C)cc4c3N(C)CC(C)(C)O4)c2)C1. The summed E-state index contributed by atoms with van der Waals surface area (Å²) in [5, 5.41) is 0. The van der Waals surface area contributed by atoms with Crippen molar-refractivity contribution in [3.05, 3.63) is 42.0 Å². The highest BCUT2D eigenvalue weighted by molar-refractivity contribution is 5.86. The quantitative estimate of drug-likeness (QED) is 0.661. The van der Waals surface area contributed by atoms with Gasteiger partial charge in [0.15, 0.2) is 0 Å². The van der Waals surface area contributed by atoms with Crippen molar-refractivity contribution < 1.29 is 14.3 Å². The molecule has 0 unspecified atom stereocenters. The van der Waals surface area contributed by atoms with E-state index >= 15 is 0 Å². The van der Waals surface area contributed by atoms with Gasteiger partial charge in [-0.3, -0.25) is 4.79 Å². The number of nitrogens with zero attached hydrogens (tertiary/aromatic N) is 2. The number of anilines is 2. The van der Waals surface area contributed by atoms with E-state index in [1.165, 1.54) is 18.2 Å². The average Bonchev–Trinajstić information content (AvgIpc) is 2.64. The number of hydrogen-bond donors (Lipinski definition) is 0. The van der Waals surface area contributed by atoms with E-state index in [9.17, 15) is 4.79 Å². The second kappa shape index (κ2) is 7.47. The third kappa shape index (κ3) is 4.10. The summed E-state index contributed by atoms with van der Waals surface area (Å²) >= 11 is 0. The Bertz CT molecular complexity index is 1000. The van der Waals surface area contributed by atoms with Gasteiger partial charge in [-0.1, -0.05) is 32.9 Å². The normalized spacial score (nSPS) is 18.2. The molecule has 2 aliphatic rings. The molecule has 5 heteroatoms. The molecular formula is C26H34N2O3. The van der Waals surface area contributed by atoms with Crippen LogP contribution >= 0.6 is 0 Å². The minimum Gasteiger partial charge on any atom is -0.484 e. The Hall–Kier alpha value is -2.69. The van der Waals surface area contributed by atoms with Crippen LogP contribution in [0.25, 0.3) is 11.1 Å². The van der Waals surface area contributed by atoms with Gasteiger partial charge in [-0.25, -0.2) is 0 Å². The van der Waals surface area contributed by atoms with E-state index in [0.29, 0.717) is 13.1 Å². The summed E-state index contributed by atoms with van der Waals surface area (Å²) in [5.74, 6) is 0.787. The zero-order valence-electron chi connectivity index (χ0n) is 19.8. The maximum absolute atomic E-state index is 11.8. The summed E-state index contributed by atoms with van der Waals surface area (Å²) in [5.41, 5.74) is 5.65. The van der Waals surface area contributed by atoms with Crippen LogP contribution in [0.2, 0.25) is 0 Å². The molecule has 0 radical (unpaired) electrons. The van der Waals surface area contributed by atoms with Crippen molar-refractivity contribution in [3.63, 3.8) is 0 Å². The van der Waals surface area contributed by atoms with E-state index in [1.807, 2.05) is 0 Å². The van der Waals surface area contributed by atoms with E-state index in [0.717, 1.165) is 29.2 Å². The molecule has 0 aliphatic carbocycles. The standard InChI is InChI=1S/C26H34N2O3/c1-25(2,3)19-12-21(23-22(13-19)31-26(4,5)16-27(23)6)17-9-8-10-20(11-17)28-14-18(15-28)24(29)30-7/h8-13,18H,14-16H2,1-7H3. The van der Waals surface area contributed by atoms with Crippen molar-refractivity contribution in [1.29, 1.82) is 0 Å². The number of carbonyl (C=O) groups excluding carboxylic acids is 1. The van der Waals surface area contributed by atoms with Gasteiger partial charge >= 0.3 is 5.97 Å². The van der Waals surface area contributed by atoms with Crippen LogP contribution in [0.3, 0.4) is 0 Å². The number of rotatable bonds is 3. The highest BCUT2D eigenvalue weighted by Crippen LogP contribution is 2.46. The van der Waals surface area contributed by atoms with Gasteiger partial charge < -0.3 is 19.3 Å². The van der Waals surface area contributed by atoms with Crippen LogP contribution in [0.4, 0.5) is 11.4 Å². The van der Waals surface area contributed by atoms with E-state index in [2.05, 4.69) is 87.9 Å². The fourth-order valence-corrected chi connectivity index (χ4v) is 4.59. The lowest BCUT2D eigenvalue weighted by Gasteiger charge is -2.41. The first-order valence-electron chi connectivity index (χ1n) is 11.0. The molecule has 31 heavy (non-hydrogen) atoms. The summed E-state index contributed by atoms with van der Waals surface area (Å²) in [7, 11) is 3.60. The van der Waals surface area contributed by atoms with Gasteiger partial charge in [0.05, 0.1) is 25.3 Å². The van der Waals surface area contributed by atoms with Crippen LogP contribution in [-0.2, 0) is 14.9 Å². The maximum Gasteiger partial charge on any atom is 0.312 e. The molecule has 0 N–H and O–H groups in total. The fraction of sp³-hybridized carbons (Fsp3) is 0.500. The summed E-state index contributed by atoms with van der Waals surface area (Å²) in [4.78, 5) is 16.3. The molecule has 0 bridgehead atoms. The number of esters is 1. The summed E-state index contributed by atoms with van der Waals surface area (Å²) in [6.45, 7) is 13.2. The maximum atomic E-state index is 11.8. The number of methoxy groups -OCH3 is 1. The van der Waals surface area contributed by atoms with Gasteiger partial charge in [0.2, 0.25) is 0 Å². The van der Waals surface area contributed by atoms with Gasteiger partial charge in [0.25, 0.3) is 0 Å². The average molecular weight is 423 g/mol. The van der Waals surface area contributed by atoms with Gasteiger partial charge in [-0.15, -0.1) is 0 Å². The molecule has 0 atom stereocenters. The van der Waals surface area contributed by atoms with Gasteiger partial charge in [-0.2, -0.15) is 0 Å². The molecule has 1 saturated heterocycles. The van der Waals surface area contributed by atoms with E-state index < -0.39 is 0 Å². The number of carbonyl (C=O) groups is 1. The molecule has 2 aliphatic heterocycles. The zero-order valence-corrected chi connectivity index (χ0v) is 19.8. The molecule has 5 nitrogen and oxygen atoms in total. The first-order chi connectivity index (χ1) is 14.5. The third-order valence-corrected chi connectivity index (χ3v) is 6.27. The lowest BCUT2D eigenvalue weighted by atomic mass is 9.84. The summed E-state index contributed by atoms with van der Waals surface area (Å²) in [6, 6.07) is 13.1. The lowest BCUT2D eigenvalue weighted by Crippen LogP contribution is -2.50. The van der Waals surface area contributed by atoms with Crippen LogP contribution < -0.4 is 14.5 Å². The molecule has 2 aromatic carbocycles. The number of ether oxygens (including phenoxy) is 2. The zero-order chi connectivity index (χ0) is 22.6. The first-order valence-corrected chi connectivity index (χ1v) is 11.0. The minimum absolute atomic E-state index is 0.0100. The van der Waals surface area contributed by atoms with Crippen molar-refractivity contribution in [2.45, 2.75) is 45.6 Å². The summed E-state index contributed by atoms with van der Waals surface area (Å²) in [6.07, 6.45) is 0. The van der Waals surface area contributed by atoms with E-state index in [1.54, 1.807) is 0 Å². The van der Waals surface area contributed by atoms with Crippen LogP contribution in [0.15, 0.2) is 36.4 Å². The number of likely N-dealkylation sites (N-methyl/N-ethyl adjacent to an activating group) is 1. The predicted molar refractivity (Wildman–Crippen MR) is 126 cm³/mol. The molecule has 4 rings (SSSR count). The molecular weight excluding hydrogens is 388 g/mol. The first kappa shape index (κ1) is 21.5. The molecule has 0 spiro atoms. The van der Waals surface area contributed by atoms with Crippen LogP contribution in [0.1, 0.15) is 40.2 Å². The predicted octanol–water partition coefficient (Wildman–Crippen LogP) is 4.87. The number of hydrogen-bond acceptors (Lipinski definition) is 5. The Labute approximate surface area is 185 Å². The molecule has 2 aromatic rings. The largest absolute Gasteiger partial charge is 0.484 e. The molecule has 1 fully saturated rings. The Morgan fingerprint density at radius 2 is 1.87 bits per heavy atom. The fourth-order valence-electron chi connectivity index (χ4n) is 4.59.